The van der Waals surface area contributed by atoms with Gasteiger partial charge in [0, 0.05) is 12.5 Å². The van der Waals surface area contributed by atoms with Crippen molar-refractivity contribution in [3.05, 3.63) is 0 Å². The molecule has 0 aliphatic rings. The zero-order valence-electron chi connectivity index (χ0n) is 7.80. The third kappa shape index (κ3) is 7.88. The molecule has 3 nitrogen and oxygen atoms in total. The molecule has 0 aromatic heterocycles. The van der Waals surface area contributed by atoms with Crippen LogP contribution in [-0.2, 0) is 4.79 Å². The van der Waals surface area contributed by atoms with E-state index in [9.17, 15) is 4.79 Å². The molecule has 0 saturated heterocycles. The average molecular weight is 190 g/mol. The van der Waals surface area contributed by atoms with Crippen LogP contribution in [0.1, 0.15) is 19.8 Å². The van der Waals surface area contributed by atoms with Crippen LogP contribution in [0, 0.1) is 0 Å². The molecule has 0 saturated carbocycles. The van der Waals surface area contributed by atoms with Crippen molar-refractivity contribution < 1.29 is 4.79 Å². The van der Waals surface area contributed by atoms with Gasteiger partial charge in [-0.25, -0.2) is 0 Å². The first kappa shape index (κ1) is 11.8. The Morgan fingerprint density at radius 3 is 2.83 bits per heavy atom. The van der Waals surface area contributed by atoms with Gasteiger partial charge in [0.1, 0.15) is 0 Å². The molecule has 1 unspecified atom stereocenters. The number of carbonyl (C=O) groups is 1. The maximum Gasteiger partial charge on any atom is 0.218 e. The number of nitrogens with one attached hydrogen (secondary N) is 1. The Morgan fingerprint density at radius 2 is 2.33 bits per heavy atom. The van der Waals surface area contributed by atoms with E-state index in [-0.39, 0.29) is 11.9 Å². The summed E-state index contributed by atoms with van der Waals surface area (Å²) in [6, 6.07) is 0.212. The number of amides is 1. The third-order valence-electron chi connectivity index (χ3n) is 1.53. The van der Waals surface area contributed by atoms with E-state index in [2.05, 4.69) is 11.6 Å². The molecule has 1 atom stereocenters. The smallest absolute Gasteiger partial charge is 0.218 e. The van der Waals surface area contributed by atoms with Gasteiger partial charge >= 0.3 is 0 Å². The Labute approximate surface area is 78.5 Å². The van der Waals surface area contributed by atoms with E-state index in [0.717, 1.165) is 18.7 Å². The summed E-state index contributed by atoms with van der Waals surface area (Å²) in [7, 11) is 0. The standard InChI is InChI=1S/C8H18N2OS/c1-7(6-8(9)11)10-4-3-5-12-2/h7,10H,3-6H2,1-2H3,(H2,9,11). The molecule has 0 spiro atoms. The van der Waals surface area contributed by atoms with Crippen LogP contribution in [-0.4, -0.2) is 30.5 Å². The Bertz CT molecular complexity index is 130. The third-order valence-corrected chi connectivity index (χ3v) is 2.22. The van der Waals surface area contributed by atoms with Gasteiger partial charge in [0.2, 0.25) is 5.91 Å². The second-order valence-electron chi connectivity index (χ2n) is 2.87. The molecule has 3 N–H and O–H groups in total. The summed E-state index contributed by atoms with van der Waals surface area (Å²) < 4.78 is 0. The van der Waals surface area contributed by atoms with Crippen molar-refractivity contribution in [2.75, 3.05) is 18.6 Å². The second kappa shape index (κ2) is 7.43. The minimum absolute atomic E-state index is 0.212. The van der Waals surface area contributed by atoms with Crippen molar-refractivity contribution in [2.45, 2.75) is 25.8 Å². The normalized spacial score (nSPS) is 12.8. The van der Waals surface area contributed by atoms with Crippen molar-refractivity contribution in [3.8, 4) is 0 Å². The summed E-state index contributed by atoms with van der Waals surface area (Å²) in [5.41, 5.74) is 5.04. The van der Waals surface area contributed by atoms with Gasteiger partial charge < -0.3 is 11.1 Å². The summed E-state index contributed by atoms with van der Waals surface area (Å²) in [6.07, 6.45) is 3.66. The SMILES string of the molecule is CSCCCNC(C)CC(N)=O. The van der Waals surface area contributed by atoms with Crippen LogP contribution >= 0.6 is 11.8 Å². The molecule has 0 aliphatic carbocycles. The first-order chi connectivity index (χ1) is 5.66. The van der Waals surface area contributed by atoms with E-state index in [0.29, 0.717) is 6.42 Å². The number of carbonyl (C=O) groups excluding carboxylic acids is 1. The van der Waals surface area contributed by atoms with Crippen molar-refractivity contribution in [3.63, 3.8) is 0 Å². The van der Waals surface area contributed by atoms with Crippen molar-refractivity contribution in [1.82, 2.24) is 5.32 Å². The van der Waals surface area contributed by atoms with Crippen molar-refractivity contribution >= 4 is 17.7 Å². The van der Waals surface area contributed by atoms with E-state index < -0.39 is 0 Å². The van der Waals surface area contributed by atoms with E-state index in [1.807, 2.05) is 18.7 Å². The fraction of sp³-hybridized carbons (Fsp3) is 0.875. The lowest BCUT2D eigenvalue weighted by atomic mass is 10.2. The van der Waals surface area contributed by atoms with Gasteiger partial charge in [-0.1, -0.05) is 0 Å². The quantitative estimate of drug-likeness (QED) is 0.578. The Hall–Kier alpha value is -0.220. The summed E-state index contributed by atoms with van der Waals surface area (Å²) in [5, 5.41) is 3.23. The van der Waals surface area contributed by atoms with Crippen LogP contribution < -0.4 is 11.1 Å². The molecular formula is C8H18N2OS. The molecule has 0 bridgehead atoms. The van der Waals surface area contributed by atoms with Crippen LogP contribution in [0.3, 0.4) is 0 Å². The molecule has 1 amide bonds. The van der Waals surface area contributed by atoms with Gasteiger partial charge in [-0.2, -0.15) is 11.8 Å². The summed E-state index contributed by atoms with van der Waals surface area (Å²) in [6.45, 7) is 2.94. The Balaban J connectivity index is 3.19. The van der Waals surface area contributed by atoms with E-state index in [4.69, 9.17) is 5.73 Å². The number of rotatable bonds is 7. The Kier molecular flexibility index (Phi) is 7.29. The maximum atomic E-state index is 10.5. The number of thioether (sulfide) groups is 1. The van der Waals surface area contributed by atoms with E-state index >= 15 is 0 Å². The van der Waals surface area contributed by atoms with Crippen molar-refractivity contribution in [2.24, 2.45) is 5.73 Å². The summed E-state index contributed by atoms with van der Waals surface area (Å²) >= 11 is 1.84. The number of primary amides is 1. The monoisotopic (exact) mass is 190 g/mol. The number of nitrogens with two attached hydrogens (primary N) is 1. The molecule has 0 aromatic carbocycles. The first-order valence-corrected chi connectivity index (χ1v) is 5.56. The molecule has 0 aromatic rings. The van der Waals surface area contributed by atoms with Gasteiger partial charge in [-0.05, 0) is 31.9 Å². The summed E-state index contributed by atoms with van der Waals surface area (Å²) in [5.74, 6) is 0.927. The van der Waals surface area contributed by atoms with Gasteiger partial charge in [-0.3, -0.25) is 4.79 Å². The van der Waals surface area contributed by atoms with Crippen LogP contribution in [0.4, 0.5) is 0 Å². The molecule has 0 heterocycles. The molecule has 0 rings (SSSR count). The highest BCUT2D eigenvalue weighted by Crippen LogP contribution is 1.95. The van der Waals surface area contributed by atoms with Crippen LogP contribution in [0.15, 0.2) is 0 Å². The highest BCUT2D eigenvalue weighted by atomic mass is 32.2. The molecule has 72 valence electrons. The molecule has 0 aliphatic heterocycles. The number of hydrogen-bond donors (Lipinski definition) is 2. The second-order valence-corrected chi connectivity index (χ2v) is 3.86. The molecule has 0 fully saturated rings. The minimum Gasteiger partial charge on any atom is -0.370 e. The molecular weight excluding hydrogens is 172 g/mol. The van der Waals surface area contributed by atoms with E-state index in [1.54, 1.807) is 0 Å². The highest BCUT2D eigenvalue weighted by Gasteiger charge is 2.03. The molecule has 0 radical (unpaired) electrons. The van der Waals surface area contributed by atoms with Gasteiger partial charge in [0.25, 0.3) is 0 Å². The van der Waals surface area contributed by atoms with E-state index in [1.165, 1.54) is 0 Å². The van der Waals surface area contributed by atoms with Crippen molar-refractivity contribution in [1.29, 1.82) is 0 Å². The zero-order valence-corrected chi connectivity index (χ0v) is 8.62. The fourth-order valence-corrected chi connectivity index (χ4v) is 1.37. The van der Waals surface area contributed by atoms with Gasteiger partial charge in [0.15, 0.2) is 0 Å². The minimum atomic E-state index is -0.236. The van der Waals surface area contributed by atoms with Gasteiger partial charge in [0.05, 0.1) is 0 Å². The maximum absolute atomic E-state index is 10.5. The fourth-order valence-electron chi connectivity index (χ4n) is 0.939. The molecule has 4 heteroatoms. The summed E-state index contributed by atoms with van der Waals surface area (Å²) in [4.78, 5) is 10.5. The lowest BCUT2D eigenvalue weighted by molar-refractivity contribution is -0.118. The van der Waals surface area contributed by atoms with Gasteiger partial charge in [-0.15, -0.1) is 0 Å². The number of hydrogen-bond acceptors (Lipinski definition) is 3. The first-order valence-electron chi connectivity index (χ1n) is 4.17. The predicted molar refractivity (Wildman–Crippen MR) is 54.3 cm³/mol. The topological polar surface area (TPSA) is 55.1 Å². The average Bonchev–Trinajstić information content (AvgIpc) is 1.97. The highest BCUT2D eigenvalue weighted by molar-refractivity contribution is 7.98. The lowest BCUT2D eigenvalue weighted by Crippen LogP contribution is -2.31. The van der Waals surface area contributed by atoms with Crippen LogP contribution in [0.5, 0.6) is 0 Å². The zero-order chi connectivity index (χ0) is 9.40. The van der Waals surface area contributed by atoms with Crippen LogP contribution in [0.2, 0.25) is 0 Å². The Morgan fingerprint density at radius 1 is 1.67 bits per heavy atom. The largest absolute Gasteiger partial charge is 0.370 e. The predicted octanol–water partition coefficient (Wildman–Crippen LogP) is 0.593. The lowest BCUT2D eigenvalue weighted by Gasteiger charge is -2.10. The van der Waals surface area contributed by atoms with Crippen LogP contribution in [0.25, 0.3) is 0 Å². The molecule has 12 heavy (non-hydrogen) atoms.